The monoisotopic (exact) mass is 270 g/mol. The van der Waals surface area contributed by atoms with Crippen molar-refractivity contribution < 1.29 is 4.79 Å². The van der Waals surface area contributed by atoms with Crippen molar-refractivity contribution in [2.24, 2.45) is 0 Å². The number of ketones is 1. The number of carbonyl (C=O) groups is 1. The van der Waals surface area contributed by atoms with Gasteiger partial charge in [-0.1, -0.05) is 54.1 Å². The summed E-state index contributed by atoms with van der Waals surface area (Å²) in [6.07, 6.45) is 2.44. The van der Waals surface area contributed by atoms with E-state index in [9.17, 15) is 4.79 Å². The van der Waals surface area contributed by atoms with Crippen LogP contribution < -0.4 is 0 Å². The maximum Gasteiger partial charge on any atom is 0.147 e. The van der Waals surface area contributed by atoms with Crippen molar-refractivity contribution in [3.05, 3.63) is 70.7 Å². The van der Waals surface area contributed by atoms with Crippen LogP contribution in [0.25, 0.3) is 0 Å². The molecule has 1 fully saturated rings. The number of hydrogen-bond acceptors (Lipinski definition) is 1. The zero-order valence-electron chi connectivity index (χ0n) is 10.6. The van der Waals surface area contributed by atoms with Gasteiger partial charge in [-0.05, 0) is 36.1 Å². The molecule has 0 spiro atoms. The maximum atomic E-state index is 12.5. The maximum absolute atomic E-state index is 12.5. The molecule has 0 bridgehead atoms. The van der Waals surface area contributed by atoms with Crippen LogP contribution in [0, 0.1) is 0 Å². The Kier molecular flexibility index (Phi) is 3.16. The van der Waals surface area contributed by atoms with Gasteiger partial charge in [-0.25, -0.2) is 0 Å². The van der Waals surface area contributed by atoms with Gasteiger partial charge in [0.15, 0.2) is 0 Å². The Hall–Kier alpha value is -1.60. The summed E-state index contributed by atoms with van der Waals surface area (Å²) < 4.78 is 0. The van der Waals surface area contributed by atoms with Crippen LogP contribution in [-0.2, 0) is 16.6 Å². The van der Waals surface area contributed by atoms with Gasteiger partial charge in [0, 0.05) is 11.4 Å². The topological polar surface area (TPSA) is 17.1 Å². The molecular formula is C17H15ClO. The van der Waals surface area contributed by atoms with Crippen molar-refractivity contribution in [3.63, 3.8) is 0 Å². The fourth-order valence-electron chi connectivity index (χ4n) is 2.57. The van der Waals surface area contributed by atoms with Gasteiger partial charge in [0.2, 0.25) is 0 Å². The third-order valence-corrected chi connectivity index (χ3v) is 4.14. The van der Waals surface area contributed by atoms with Crippen molar-refractivity contribution in [1.29, 1.82) is 0 Å². The van der Waals surface area contributed by atoms with Gasteiger partial charge in [-0.2, -0.15) is 0 Å². The summed E-state index contributed by atoms with van der Waals surface area (Å²) in [6.45, 7) is 0. The van der Waals surface area contributed by atoms with Crippen molar-refractivity contribution in [2.75, 3.05) is 0 Å². The molecule has 0 aromatic heterocycles. The molecule has 19 heavy (non-hydrogen) atoms. The van der Waals surface area contributed by atoms with E-state index in [-0.39, 0.29) is 5.41 Å². The molecule has 1 nitrogen and oxygen atoms in total. The second-order valence-corrected chi connectivity index (χ2v) is 5.61. The van der Waals surface area contributed by atoms with E-state index in [0.29, 0.717) is 17.2 Å². The zero-order valence-corrected chi connectivity index (χ0v) is 11.4. The first-order valence-corrected chi connectivity index (χ1v) is 6.92. The summed E-state index contributed by atoms with van der Waals surface area (Å²) in [5.41, 5.74) is 1.98. The molecule has 2 aromatic carbocycles. The smallest absolute Gasteiger partial charge is 0.147 e. The quantitative estimate of drug-likeness (QED) is 0.814. The standard InChI is InChI=1S/C17H15ClO/c18-15-8-6-13(7-9-15)12-16(19)17(10-11-17)14-4-2-1-3-5-14/h1-9H,10-12H2. The van der Waals surface area contributed by atoms with Gasteiger partial charge in [0.1, 0.15) is 5.78 Å². The van der Waals surface area contributed by atoms with Gasteiger partial charge >= 0.3 is 0 Å². The number of benzene rings is 2. The predicted octanol–water partition coefficient (Wildman–Crippen LogP) is 4.18. The lowest BCUT2D eigenvalue weighted by molar-refractivity contribution is -0.120. The van der Waals surface area contributed by atoms with Crippen LogP contribution in [0.2, 0.25) is 5.02 Å². The second kappa shape index (κ2) is 4.82. The largest absolute Gasteiger partial charge is 0.298 e. The van der Waals surface area contributed by atoms with Crippen LogP contribution in [0.1, 0.15) is 24.0 Å². The number of rotatable bonds is 4. The summed E-state index contributed by atoms with van der Waals surface area (Å²) in [7, 11) is 0. The molecule has 0 N–H and O–H groups in total. The van der Waals surface area contributed by atoms with E-state index in [1.807, 2.05) is 42.5 Å². The summed E-state index contributed by atoms with van der Waals surface area (Å²) in [6, 6.07) is 17.7. The first kappa shape index (κ1) is 12.4. The molecule has 1 saturated carbocycles. The third-order valence-electron chi connectivity index (χ3n) is 3.89. The fourth-order valence-corrected chi connectivity index (χ4v) is 2.69. The van der Waals surface area contributed by atoms with Crippen LogP contribution in [0.15, 0.2) is 54.6 Å². The van der Waals surface area contributed by atoms with Crippen LogP contribution >= 0.6 is 11.6 Å². The highest BCUT2D eigenvalue weighted by molar-refractivity contribution is 6.30. The molecule has 0 unspecified atom stereocenters. The number of hydrogen-bond donors (Lipinski definition) is 0. The van der Waals surface area contributed by atoms with E-state index in [2.05, 4.69) is 12.1 Å². The molecule has 0 saturated heterocycles. The molecule has 2 heteroatoms. The highest BCUT2D eigenvalue weighted by Gasteiger charge is 2.50. The Balaban J connectivity index is 1.79. The lowest BCUT2D eigenvalue weighted by Gasteiger charge is -2.14. The van der Waals surface area contributed by atoms with E-state index in [1.54, 1.807) is 0 Å². The average Bonchev–Trinajstić information content (AvgIpc) is 3.24. The minimum absolute atomic E-state index is 0.221. The van der Waals surface area contributed by atoms with Crippen LogP contribution in [0.4, 0.5) is 0 Å². The van der Waals surface area contributed by atoms with Gasteiger partial charge in [0.25, 0.3) is 0 Å². The SMILES string of the molecule is O=C(Cc1ccc(Cl)cc1)C1(c2ccccc2)CC1. The first-order chi connectivity index (χ1) is 9.21. The fraction of sp³-hybridized carbons (Fsp3) is 0.235. The molecular weight excluding hydrogens is 256 g/mol. The molecule has 3 rings (SSSR count). The Bertz CT molecular complexity index is 582. The van der Waals surface area contributed by atoms with Crippen molar-refractivity contribution >= 4 is 17.4 Å². The van der Waals surface area contributed by atoms with Crippen LogP contribution in [-0.4, -0.2) is 5.78 Å². The number of carbonyl (C=O) groups excluding carboxylic acids is 1. The van der Waals surface area contributed by atoms with Crippen molar-refractivity contribution in [1.82, 2.24) is 0 Å². The lowest BCUT2D eigenvalue weighted by Crippen LogP contribution is -2.22. The van der Waals surface area contributed by atoms with Gasteiger partial charge in [0.05, 0.1) is 5.41 Å². The molecule has 0 aliphatic heterocycles. The molecule has 0 atom stereocenters. The average molecular weight is 271 g/mol. The first-order valence-electron chi connectivity index (χ1n) is 6.54. The summed E-state index contributed by atoms with van der Waals surface area (Å²) in [5, 5.41) is 0.709. The highest BCUT2D eigenvalue weighted by Crippen LogP contribution is 2.49. The lowest BCUT2D eigenvalue weighted by atomic mass is 9.88. The Morgan fingerprint density at radius 1 is 1.00 bits per heavy atom. The molecule has 0 amide bonds. The molecule has 0 radical (unpaired) electrons. The normalized spacial score (nSPS) is 16.1. The van der Waals surface area contributed by atoms with Gasteiger partial charge in [-0.3, -0.25) is 4.79 Å². The number of Topliss-reactive ketones (excluding diaryl/α,β-unsaturated/α-hetero) is 1. The second-order valence-electron chi connectivity index (χ2n) is 5.17. The van der Waals surface area contributed by atoms with E-state index in [0.717, 1.165) is 24.0 Å². The molecule has 0 heterocycles. The predicted molar refractivity (Wildman–Crippen MR) is 77.5 cm³/mol. The summed E-state index contributed by atoms with van der Waals surface area (Å²) >= 11 is 5.86. The third kappa shape index (κ3) is 2.43. The molecule has 96 valence electrons. The van der Waals surface area contributed by atoms with Gasteiger partial charge in [-0.15, -0.1) is 0 Å². The Labute approximate surface area is 118 Å². The van der Waals surface area contributed by atoms with Crippen molar-refractivity contribution in [3.8, 4) is 0 Å². The highest BCUT2D eigenvalue weighted by atomic mass is 35.5. The van der Waals surface area contributed by atoms with Crippen molar-refractivity contribution in [2.45, 2.75) is 24.7 Å². The number of halogens is 1. The van der Waals surface area contributed by atoms with Gasteiger partial charge < -0.3 is 0 Å². The minimum Gasteiger partial charge on any atom is -0.298 e. The van der Waals surface area contributed by atoms with E-state index >= 15 is 0 Å². The Morgan fingerprint density at radius 3 is 2.21 bits per heavy atom. The van der Waals surface area contributed by atoms with E-state index < -0.39 is 0 Å². The Morgan fingerprint density at radius 2 is 1.63 bits per heavy atom. The summed E-state index contributed by atoms with van der Waals surface area (Å²) in [4.78, 5) is 12.5. The zero-order chi connectivity index (χ0) is 13.3. The van der Waals surface area contributed by atoms with E-state index in [4.69, 9.17) is 11.6 Å². The molecule has 1 aliphatic rings. The summed E-state index contributed by atoms with van der Waals surface area (Å²) in [5.74, 6) is 0.320. The van der Waals surface area contributed by atoms with Crippen LogP contribution in [0.5, 0.6) is 0 Å². The molecule has 1 aliphatic carbocycles. The molecule has 2 aromatic rings. The minimum atomic E-state index is -0.221. The van der Waals surface area contributed by atoms with Crippen LogP contribution in [0.3, 0.4) is 0 Å². The van der Waals surface area contributed by atoms with E-state index in [1.165, 1.54) is 0 Å².